The van der Waals surface area contributed by atoms with Gasteiger partial charge in [0.15, 0.2) is 11.5 Å². The third-order valence-corrected chi connectivity index (χ3v) is 4.14. The van der Waals surface area contributed by atoms with Gasteiger partial charge >= 0.3 is 12.4 Å². The fourth-order valence-corrected chi connectivity index (χ4v) is 2.59. The number of hydrogen-bond acceptors (Lipinski definition) is 4. The molecule has 0 aliphatic carbocycles. The zero-order chi connectivity index (χ0) is 23.5. The van der Waals surface area contributed by atoms with Crippen LogP contribution in [0.4, 0.5) is 32.0 Å². The van der Waals surface area contributed by atoms with Crippen LogP contribution < -0.4 is 10.4 Å². The Hall–Kier alpha value is -3.74. The molecule has 0 aliphatic rings. The lowest BCUT2D eigenvalue weighted by Crippen LogP contribution is -3.12. The third-order valence-electron chi connectivity index (χ3n) is 4.14. The predicted molar refractivity (Wildman–Crippen MR) is 99.7 cm³/mol. The molecule has 1 amide bonds. The maximum atomic E-state index is 13.0. The van der Waals surface area contributed by atoms with Crippen molar-refractivity contribution in [3.05, 3.63) is 66.3 Å². The van der Waals surface area contributed by atoms with Crippen molar-refractivity contribution in [3.8, 4) is 11.4 Å². The zero-order valence-corrected chi connectivity index (χ0v) is 16.2. The van der Waals surface area contributed by atoms with E-state index in [2.05, 4.69) is 20.5 Å². The number of hydrogen-bond donors (Lipinski definition) is 2. The van der Waals surface area contributed by atoms with Gasteiger partial charge in [-0.1, -0.05) is 0 Å². The number of quaternary nitrogens is 1. The van der Waals surface area contributed by atoms with Crippen LogP contribution in [0.25, 0.3) is 17.6 Å². The van der Waals surface area contributed by atoms with Crippen molar-refractivity contribution in [2.45, 2.75) is 12.4 Å². The lowest BCUT2D eigenvalue weighted by molar-refractivity contribution is -0.849. The van der Waals surface area contributed by atoms with Crippen molar-refractivity contribution < 1.29 is 36.1 Å². The number of halogens is 6. The van der Waals surface area contributed by atoms with Crippen LogP contribution in [0.2, 0.25) is 0 Å². The summed E-state index contributed by atoms with van der Waals surface area (Å²) in [7, 11) is 1.65. The summed E-state index contributed by atoms with van der Waals surface area (Å²) >= 11 is 0. The molecule has 0 fully saturated rings. The number of carbonyl (C=O) groups is 1. The summed E-state index contributed by atoms with van der Waals surface area (Å²) in [5, 5.41) is 4.35. The number of pyridine rings is 1. The van der Waals surface area contributed by atoms with Crippen LogP contribution in [-0.2, 0) is 17.1 Å². The molecule has 2 heterocycles. The van der Waals surface area contributed by atoms with Gasteiger partial charge in [-0.3, -0.25) is 9.78 Å². The number of amides is 1. The predicted octanol–water partition coefficient (Wildman–Crippen LogP) is 2.73. The Morgan fingerprint density at radius 2 is 1.75 bits per heavy atom. The highest BCUT2D eigenvalue weighted by Crippen LogP contribution is 2.37. The standard InChI is InChI=1S/C19H14F6N6O/c1-30(15-3-2-5-26-10-15)28-16(32)4-6-31-11-27-17(29-31)12-7-13(18(20,21)22)9-14(8-12)19(23,24)25/h2-11H,1H3,(H,28,32)/p+1/b6-4-. The molecule has 7 nitrogen and oxygen atoms in total. The SMILES string of the molecule is C[NH+](NC(=O)/C=C\n1cnc(-c2cc(C(F)(F)F)cc(C(F)(F)F)c2)n1)c1cccnc1. The van der Waals surface area contributed by atoms with Crippen LogP contribution in [0.3, 0.4) is 0 Å². The van der Waals surface area contributed by atoms with Crippen molar-refractivity contribution in [3.63, 3.8) is 0 Å². The van der Waals surface area contributed by atoms with Gasteiger partial charge < -0.3 is 0 Å². The van der Waals surface area contributed by atoms with Crippen molar-refractivity contribution >= 4 is 17.8 Å². The molecule has 32 heavy (non-hydrogen) atoms. The molecular formula is C19H15F6N6O+. The van der Waals surface area contributed by atoms with Gasteiger partial charge in [0.2, 0.25) is 0 Å². The minimum Gasteiger partial charge on any atom is -0.265 e. The monoisotopic (exact) mass is 457 g/mol. The highest BCUT2D eigenvalue weighted by Gasteiger charge is 2.37. The maximum absolute atomic E-state index is 13.0. The van der Waals surface area contributed by atoms with Crippen LogP contribution in [0.5, 0.6) is 0 Å². The number of nitrogens with one attached hydrogen (secondary N) is 2. The summed E-state index contributed by atoms with van der Waals surface area (Å²) in [5.74, 6) is -0.911. The molecule has 3 aromatic rings. The Morgan fingerprint density at radius 3 is 2.31 bits per heavy atom. The fraction of sp³-hybridized carbons (Fsp3) is 0.158. The number of nitrogens with zero attached hydrogens (tertiary/aromatic N) is 4. The molecule has 0 saturated carbocycles. The minimum atomic E-state index is -4.99. The van der Waals surface area contributed by atoms with Gasteiger partial charge in [0.1, 0.15) is 6.33 Å². The van der Waals surface area contributed by atoms with Crippen molar-refractivity contribution in [1.82, 2.24) is 25.2 Å². The number of benzene rings is 1. The van der Waals surface area contributed by atoms with E-state index in [1.54, 1.807) is 31.6 Å². The third kappa shape index (κ3) is 5.69. The average molecular weight is 457 g/mol. The molecule has 0 bridgehead atoms. The normalized spacial score (nSPS) is 13.3. The highest BCUT2D eigenvalue weighted by molar-refractivity contribution is 5.89. The van der Waals surface area contributed by atoms with Crippen molar-refractivity contribution in [1.29, 1.82) is 0 Å². The highest BCUT2D eigenvalue weighted by atomic mass is 19.4. The van der Waals surface area contributed by atoms with Crippen LogP contribution in [0.1, 0.15) is 11.1 Å². The number of aromatic nitrogens is 4. The largest absolute Gasteiger partial charge is 0.416 e. The Morgan fingerprint density at radius 1 is 1.09 bits per heavy atom. The van der Waals surface area contributed by atoms with E-state index in [9.17, 15) is 31.1 Å². The number of carbonyl (C=O) groups excluding carboxylic acids is 1. The van der Waals surface area contributed by atoms with E-state index in [-0.39, 0.29) is 11.9 Å². The summed E-state index contributed by atoms with van der Waals surface area (Å²) in [6, 6.07) is 4.50. The van der Waals surface area contributed by atoms with Gasteiger partial charge in [0.05, 0.1) is 24.4 Å². The van der Waals surface area contributed by atoms with Gasteiger partial charge in [-0.05, 0) is 24.3 Å². The molecule has 0 aliphatic heterocycles. The summed E-state index contributed by atoms with van der Waals surface area (Å²) in [6.45, 7) is 0. The van der Waals surface area contributed by atoms with E-state index in [4.69, 9.17) is 0 Å². The van der Waals surface area contributed by atoms with Gasteiger partial charge in [0.25, 0.3) is 5.91 Å². The number of rotatable bonds is 5. The Labute approximate surface area is 177 Å². The van der Waals surface area contributed by atoms with Gasteiger partial charge in [-0.15, -0.1) is 5.10 Å². The first-order valence-electron chi connectivity index (χ1n) is 8.87. The molecule has 13 heteroatoms. The molecule has 2 N–H and O–H groups in total. The maximum Gasteiger partial charge on any atom is 0.416 e. The second-order valence-corrected chi connectivity index (χ2v) is 6.51. The van der Waals surface area contributed by atoms with Crippen LogP contribution >= 0.6 is 0 Å². The number of alkyl halides is 6. The first-order chi connectivity index (χ1) is 14.9. The van der Waals surface area contributed by atoms with Crippen molar-refractivity contribution in [2.24, 2.45) is 0 Å². The van der Waals surface area contributed by atoms with Gasteiger partial charge in [0, 0.05) is 30.1 Å². The van der Waals surface area contributed by atoms with E-state index in [0.717, 1.165) is 23.3 Å². The quantitative estimate of drug-likeness (QED) is 0.351. The topological polar surface area (TPSA) is 77.1 Å². The van der Waals surface area contributed by atoms with Gasteiger partial charge in [-0.25, -0.2) is 14.7 Å². The van der Waals surface area contributed by atoms with E-state index < -0.39 is 35.0 Å². The van der Waals surface area contributed by atoms with Crippen LogP contribution in [0, 0.1) is 0 Å². The molecule has 3 rings (SSSR count). The average Bonchev–Trinajstić information content (AvgIpc) is 3.20. The molecule has 2 aromatic heterocycles. The summed E-state index contributed by atoms with van der Waals surface area (Å²) in [6.07, 6.45) is -3.58. The Balaban J connectivity index is 1.79. The molecule has 0 radical (unpaired) electrons. The first-order valence-corrected chi connectivity index (χ1v) is 8.87. The van der Waals surface area contributed by atoms with Crippen LogP contribution in [-0.4, -0.2) is 32.7 Å². The Bertz CT molecular complexity index is 1090. The first kappa shape index (κ1) is 22.9. The second-order valence-electron chi connectivity index (χ2n) is 6.51. The zero-order valence-electron chi connectivity index (χ0n) is 16.2. The molecule has 1 unspecified atom stereocenters. The molecule has 1 atom stereocenters. The van der Waals surface area contributed by atoms with Gasteiger partial charge in [-0.2, -0.15) is 31.8 Å². The smallest absolute Gasteiger partial charge is 0.265 e. The van der Waals surface area contributed by atoms with E-state index in [0.29, 0.717) is 22.8 Å². The molecular weight excluding hydrogens is 442 g/mol. The molecule has 0 spiro atoms. The molecule has 0 saturated heterocycles. The molecule has 168 valence electrons. The Kier molecular flexibility index (Phi) is 6.30. The van der Waals surface area contributed by atoms with Crippen LogP contribution in [0.15, 0.2) is 55.1 Å². The van der Waals surface area contributed by atoms with E-state index >= 15 is 0 Å². The summed E-state index contributed by atoms with van der Waals surface area (Å²) in [5.41, 5.74) is -0.147. The second kappa shape index (κ2) is 8.78. The minimum absolute atomic E-state index is 0.0197. The molecule has 1 aromatic carbocycles. The summed E-state index contributed by atoms with van der Waals surface area (Å²) < 4.78 is 79.1. The van der Waals surface area contributed by atoms with E-state index in [1.165, 1.54) is 0 Å². The lowest BCUT2D eigenvalue weighted by atomic mass is 10.0. The lowest BCUT2D eigenvalue weighted by Gasteiger charge is -2.13. The summed E-state index contributed by atoms with van der Waals surface area (Å²) in [4.78, 5) is 19.7. The fourth-order valence-electron chi connectivity index (χ4n) is 2.59. The van der Waals surface area contributed by atoms with E-state index in [1.807, 2.05) is 0 Å². The van der Waals surface area contributed by atoms with Crippen molar-refractivity contribution in [2.75, 3.05) is 7.05 Å².